The smallest absolute Gasteiger partial charge is 0.221 e. The molecule has 1 aromatic heterocycles. The van der Waals surface area contributed by atoms with Gasteiger partial charge in [0.25, 0.3) is 0 Å². The van der Waals surface area contributed by atoms with E-state index in [0.717, 1.165) is 18.5 Å². The second kappa shape index (κ2) is 5.49. The van der Waals surface area contributed by atoms with Gasteiger partial charge in [0.1, 0.15) is 5.82 Å². The number of nitrogens with one attached hydrogen (secondary N) is 3. The first-order chi connectivity index (χ1) is 8.28. The van der Waals surface area contributed by atoms with Crippen LogP contribution in [0.2, 0.25) is 0 Å². The number of anilines is 2. The largest absolute Gasteiger partial charge is 0.384 e. The summed E-state index contributed by atoms with van der Waals surface area (Å²) >= 11 is 0. The summed E-state index contributed by atoms with van der Waals surface area (Å²) in [5.74, 6) is 5.95. The van der Waals surface area contributed by atoms with Crippen LogP contribution in [0.5, 0.6) is 0 Å². The van der Waals surface area contributed by atoms with Crippen LogP contribution in [0.15, 0.2) is 18.3 Å². The minimum Gasteiger partial charge on any atom is -0.384 e. The Hall–Kier alpha value is -1.82. The Balaban J connectivity index is 1.71. The monoisotopic (exact) mass is 235 g/mol. The molecule has 0 aromatic carbocycles. The van der Waals surface area contributed by atoms with E-state index in [4.69, 9.17) is 5.84 Å². The predicted octanol–water partition coefficient (Wildman–Crippen LogP) is 0.448. The first kappa shape index (κ1) is 11.7. The van der Waals surface area contributed by atoms with Gasteiger partial charge in [-0.25, -0.2) is 10.8 Å². The summed E-state index contributed by atoms with van der Waals surface area (Å²) in [5, 5.41) is 6.09. The first-order valence-corrected chi connectivity index (χ1v) is 5.74. The fourth-order valence-electron chi connectivity index (χ4n) is 1.47. The maximum Gasteiger partial charge on any atom is 0.221 e. The van der Waals surface area contributed by atoms with Gasteiger partial charge in [0.2, 0.25) is 5.91 Å². The fraction of sp³-hybridized carbons (Fsp3) is 0.455. The van der Waals surface area contributed by atoms with Crippen LogP contribution < -0.4 is 21.9 Å². The average Bonchev–Trinajstić information content (AvgIpc) is 3.13. The van der Waals surface area contributed by atoms with Crippen molar-refractivity contribution in [3.05, 3.63) is 18.3 Å². The average molecular weight is 235 g/mol. The van der Waals surface area contributed by atoms with E-state index in [1.165, 1.54) is 0 Å². The van der Waals surface area contributed by atoms with E-state index in [2.05, 4.69) is 21.0 Å². The molecule has 0 unspecified atom stereocenters. The summed E-state index contributed by atoms with van der Waals surface area (Å²) in [4.78, 5) is 15.4. The Morgan fingerprint density at radius 2 is 2.35 bits per heavy atom. The van der Waals surface area contributed by atoms with Gasteiger partial charge in [-0.15, -0.1) is 0 Å². The predicted molar refractivity (Wildman–Crippen MR) is 66.3 cm³/mol. The van der Waals surface area contributed by atoms with Crippen molar-refractivity contribution in [3.8, 4) is 0 Å². The molecule has 1 aliphatic carbocycles. The molecule has 0 spiro atoms. The standard InChI is InChI=1S/C11H17N5O/c12-16-10-7-9(3-5-14-10)13-6-4-11(17)15-8-1-2-8/h3,5,7-8H,1-2,4,6,12H2,(H,15,17)(H2,13,14,16). The van der Waals surface area contributed by atoms with E-state index >= 15 is 0 Å². The molecule has 1 amide bonds. The highest BCUT2D eigenvalue weighted by molar-refractivity contribution is 5.77. The summed E-state index contributed by atoms with van der Waals surface area (Å²) in [6.07, 6.45) is 4.37. The number of aromatic nitrogens is 1. The lowest BCUT2D eigenvalue weighted by molar-refractivity contribution is -0.120. The van der Waals surface area contributed by atoms with Gasteiger partial charge in [0.15, 0.2) is 0 Å². The van der Waals surface area contributed by atoms with Crippen molar-refractivity contribution >= 4 is 17.4 Å². The maximum absolute atomic E-state index is 11.4. The number of carbonyl (C=O) groups excluding carboxylic acids is 1. The molecular weight excluding hydrogens is 218 g/mol. The minimum absolute atomic E-state index is 0.103. The van der Waals surface area contributed by atoms with Crippen molar-refractivity contribution in [3.63, 3.8) is 0 Å². The van der Waals surface area contributed by atoms with E-state index in [9.17, 15) is 4.79 Å². The topological polar surface area (TPSA) is 92.1 Å². The van der Waals surface area contributed by atoms with E-state index in [1.54, 1.807) is 12.3 Å². The number of hydrazine groups is 1. The highest BCUT2D eigenvalue weighted by atomic mass is 16.1. The van der Waals surface area contributed by atoms with E-state index in [0.29, 0.717) is 24.8 Å². The van der Waals surface area contributed by atoms with E-state index in [1.807, 2.05) is 6.07 Å². The van der Waals surface area contributed by atoms with E-state index in [-0.39, 0.29) is 5.91 Å². The molecule has 6 heteroatoms. The molecule has 6 nitrogen and oxygen atoms in total. The molecule has 1 heterocycles. The molecule has 0 bridgehead atoms. The number of carbonyl (C=O) groups is 1. The van der Waals surface area contributed by atoms with Crippen molar-refractivity contribution in [1.29, 1.82) is 0 Å². The van der Waals surface area contributed by atoms with Crippen LogP contribution in [0.1, 0.15) is 19.3 Å². The van der Waals surface area contributed by atoms with Crippen LogP contribution in [-0.4, -0.2) is 23.5 Å². The molecule has 1 aliphatic rings. The van der Waals surface area contributed by atoms with Gasteiger partial charge in [0.05, 0.1) is 0 Å². The number of pyridine rings is 1. The third-order valence-electron chi connectivity index (χ3n) is 2.53. The van der Waals surface area contributed by atoms with Crippen LogP contribution >= 0.6 is 0 Å². The van der Waals surface area contributed by atoms with Gasteiger partial charge in [-0.2, -0.15) is 0 Å². The third-order valence-corrected chi connectivity index (χ3v) is 2.53. The number of hydrogen-bond donors (Lipinski definition) is 4. The van der Waals surface area contributed by atoms with Gasteiger partial charge < -0.3 is 16.1 Å². The minimum atomic E-state index is 0.103. The molecule has 0 atom stereocenters. The normalized spacial score (nSPS) is 14.2. The van der Waals surface area contributed by atoms with Crippen LogP contribution in [0, 0.1) is 0 Å². The number of nitrogens with two attached hydrogens (primary N) is 1. The zero-order valence-electron chi connectivity index (χ0n) is 9.57. The summed E-state index contributed by atoms with van der Waals surface area (Å²) in [7, 11) is 0. The molecule has 5 N–H and O–H groups in total. The number of hydrogen-bond acceptors (Lipinski definition) is 5. The molecule has 2 rings (SSSR count). The van der Waals surface area contributed by atoms with E-state index < -0.39 is 0 Å². The highest BCUT2D eigenvalue weighted by Gasteiger charge is 2.22. The lowest BCUT2D eigenvalue weighted by Gasteiger charge is -2.07. The Bertz CT molecular complexity index is 391. The van der Waals surface area contributed by atoms with Crippen molar-refractivity contribution in [2.45, 2.75) is 25.3 Å². The lowest BCUT2D eigenvalue weighted by Crippen LogP contribution is -2.27. The highest BCUT2D eigenvalue weighted by Crippen LogP contribution is 2.18. The molecule has 92 valence electrons. The Morgan fingerprint density at radius 3 is 3.06 bits per heavy atom. The van der Waals surface area contributed by atoms with Crippen molar-refractivity contribution in [2.75, 3.05) is 17.3 Å². The molecule has 0 saturated heterocycles. The van der Waals surface area contributed by atoms with Gasteiger partial charge in [-0.1, -0.05) is 0 Å². The SMILES string of the molecule is NNc1cc(NCCC(=O)NC2CC2)ccn1. The Morgan fingerprint density at radius 1 is 1.53 bits per heavy atom. The van der Waals surface area contributed by atoms with Crippen LogP contribution in [-0.2, 0) is 4.79 Å². The van der Waals surface area contributed by atoms with Crippen molar-refractivity contribution in [2.24, 2.45) is 5.84 Å². The molecule has 17 heavy (non-hydrogen) atoms. The van der Waals surface area contributed by atoms with Crippen molar-refractivity contribution < 1.29 is 4.79 Å². The molecule has 1 saturated carbocycles. The summed E-state index contributed by atoms with van der Waals surface area (Å²) < 4.78 is 0. The first-order valence-electron chi connectivity index (χ1n) is 5.74. The summed E-state index contributed by atoms with van der Waals surface area (Å²) in [5.41, 5.74) is 3.37. The molecule has 1 aromatic rings. The fourth-order valence-corrected chi connectivity index (χ4v) is 1.47. The van der Waals surface area contributed by atoms with Crippen molar-refractivity contribution in [1.82, 2.24) is 10.3 Å². The second-order valence-electron chi connectivity index (χ2n) is 4.09. The molecule has 0 aliphatic heterocycles. The lowest BCUT2D eigenvalue weighted by atomic mass is 10.3. The summed E-state index contributed by atoms with van der Waals surface area (Å²) in [6.45, 7) is 0.604. The quantitative estimate of drug-likeness (QED) is 0.424. The second-order valence-corrected chi connectivity index (χ2v) is 4.09. The number of nitrogens with zero attached hydrogens (tertiary/aromatic N) is 1. The van der Waals surface area contributed by atoms with Crippen LogP contribution in [0.4, 0.5) is 11.5 Å². The maximum atomic E-state index is 11.4. The molecule has 1 fully saturated rings. The zero-order valence-corrected chi connectivity index (χ0v) is 9.57. The van der Waals surface area contributed by atoms with Crippen LogP contribution in [0.3, 0.4) is 0 Å². The zero-order chi connectivity index (χ0) is 12.1. The Labute approximate surface area is 100.0 Å². The molecular formula is C11H17N5O. The number of amides is 1. The van der Waals surface area contributed by atoms with Gasteiger partial charge in [0, 0.05) is 37.0 Å². The molecule has 0 radical (unpaired) electrons. The van der Waals surface area contributed by atoms with Gasteiger partial charge in [-0.3, -0.25) is 4.79 Å². The summed E-state index contributed by atoms with van der Waals surface area (Å²) in [6, 6.07) is 4.05. The third kappa shape index (κ3) is 3.92. The number of rotatable bonds is 6. The van der Waals surface area contributed by atoms with Gasteiger partial charge in [-0.05, 0) is 18.9 Å². The van der Waals surface area contributed by atoms with Gasteiger partial charge >= 0.3 is 0 Å². The Kier molecular flexibility index (Phi) is 3.77. The number of nitrogen functional groups attached to an aromatic ring is 1. The van der Waals surface area contributed by atoms with Crippen LogP contribution in [0.25, 0.3) is 0 Å².